The van der Waals surface area contributed by atoms with Crippen molar-refractivity contribution < 1.29 is 4.79 Å². The highest BCUT2D eigenvalue weighted by Crippen LogP contribution is 2.39. The van der Waals surface area contributed by atoms with Gasteiger partial charge in [-0.1, -0.05) is 19.8 Å². The molecule has 1 saturated carbocycles. The Morgan fingerprint density at radius 1 is 1.17 bits per heavy atom. The normalized spacial score (nSPS) is 33.9. The topological polar surface area (TPSA) is 32.3 Å². The first-order valence-electron chi connectivity index (χ1n) is 7.23. The average molecular weight is 273 g/mol. The maximum Gasteiger partial charge on any atom is 0.228 e. The van der Waals surface area contributed by atoms with E-state index < -0.39 is 0 Å². The molecule has 2 saturated heterocycles. The van der Waals surface area contributed by atoms with Crippen LogP contribution in [0.4, 0.5) is 0 Å². The lowest BCUT2D eigenvalue weighted by Crippen LogP contribution is -2.45. The standard InChI is InChI=1S/C14H24N2O.ClH/c1-14(7-2-3-8-14)13(17)16-9-6-11-4-5-12(10-16)15-11;/h11-12,15H,2-10H2,1H3;1H. The van der Waals surface area contributed by atoms with Gasteiger partial charge in [-0.15, -0.1) is 12.4 Å². The van der Waals surface area contributed by atoms with Crippen molar-refractivity contribution in [3.8, 4) is 0 Å². The molecule has 2 heterocycles. The van der Waals surface area contributed by atoms with Gasteiger partial charge >= 0.3 is 0 Å². The molecule has 1 aliphatic carbocycles. The van der Waals surface area contributed by atoms with Crippen molar-refractivity contribution in [1.29, 1.82) is 0 Å². The number of halogens is 1. The predicted molar refractivity (Wildman–Crippen MR) is 75.0 cm³/mol. The summed E-state index contributed by atoms with van der Waals surface area (Å²) in [6.07, 6.45) is 8.39. The van der Waals surface area contributed by atoms with E-state index in [0.29, 0.717) is 18.0 Å². The molecule has 3 aliphatic rings. The first kappa shape index (κ1) is 14.1. The van der Waals surface area contributed by atoms with Crippen LogP contribution in [0.2, 0.25) is 0 Å². The minimum atomic E-state index is -0.0381. The van der Waals surface area contributed by atoms with Crippen LogP contribution in [0, 0.1) is 5.41 Å². The molecule has 0 spiro atoms. The van der Waals surface area contributed by atoms with Crippen molar-refractivity contribution in [2.45, 2.75) is 64.0 Å². The average Bonchev–Trinajstić information content (AvgIpc) is 2.86. The molecule has 4 heteroatoms. The summed E-state index contributed by atoms with van der Waals surface area (Å²) in [5.74, 6) is 0.435. The predicted octanol–water partition coefficient (Wildman–Crippen LogP) is 2.34. The Morgan fingerprint density at radius 2 is 1.83 bits per heavy atom. The number of likely N-dealkylation sites (tertiary alicyclic amines) is 1. The lowest BCUT2D eigenvalue weighted by atomic mass is 9.86. The monoisotopic (exact) mass is 272 g/mol. The molecule has 0 radical (unpaired) electrons. The van der Waals surface area contributed by atoms with Crippen LogP contribution in [0.3, 0.4) is 0 Å². The Balaban J connectivity index is 0.00000120. The molecule has 0 aromatic rings. The summed E-state index contributed by atoms with van der Waals surface area (Å²) in [6.45, 7) is 4.10. The zero-order chi connectivity index (χ0) is 11.9. The fourth-order valence-electron chi connectivity index (χ4n) is 3.88. The highest BCUT2D eigenvalue weighted by Gasteiger charge is 2.41. The second kappa shape index (κ2) is 5.38. The molecule has 0 aromatic heterocycles. The van der Waals surface area contributed by atoms with Gasteiger partial charge in [-0.2, -0.15) is 0 Å². The second-order valence-corrected chi connectivity index (χ2v) is 6.45. The molecule has 18 heavy (non-hydrogen) atoms. The van der Waals surface area contributed by atoms with Crippen LogP contribution in [-0.2, 0) is 4.79 Å². The van der Waals surface area contributed by atoms with Gasteiger partial charge in [0, 0.05) is 30.6 Å². The highest BCUT2D eigenvalue weighted by atomic mass is 35.5. The number of fused-ring (bicyclic) bond motifs is 2. The number of rotatable bonds is 1. The van der Waals surface area contributed by atoms with Crippen molar-refractivity contribution >= 4 is 18.3 Å². The highest BCUT2D eigenvalue weighted by molar-refractivity contribution is 5.85. The zero-order valence-corrected chi connectivity index (χ0v) is 12.1. The Hall–Kier alpha value is -0.280. The number of nitrogens with zero attached hydrogens (tertiary/aromatic N) is 1. The molecule has 1 amide bonds. The number of amides is 1. The maximum atomic E-state index is 12.6. The van der Waals surface area contributed by atoms with Gasteiger partial charge in [0.15, 0.2) is 0 Å². The Labute approximate surface area is 116 Å². The van der Waals surface area contributed by atoms with Crippen LogP contribution >= 0.6 is 12.4 Å². The van der Waals surface area contributed by atoms with E-state index in [1.54, 1.807) is 0 Å². The van der Waals surface area contributed by atoms with Crippen LogP contribution in [0.25, 0.3) is 0 Å². The van der Waals surface area contributed by atoms with Gasteiger partial charge in [0.2, 0.25) is 5.91 Å². The van der Waals surface area contributed by atoms with Crippen molar-refractivity contribution in [3.05, 3.63) is 0 Å². The summed E-state index contributed by atoms with van der Waals surface area (Å²) in [7, 11) is 0. The number of carbonyl (C=O) groups is 1. The molecule has 3 fully saturated rings. The smallest absolute Gasteiger partial charge is 0.228 e. The van der Waals surface area contributed by atoms with Crippen LogP contribution in [0.15, 0.2) is 0 Å². The van der Waals surface area contributed by atoms with Gasteiger partial charge in [-0.3, -0.25) is 4.79 Å². The molecule has 2 unspecified atom stereocenters. The van der Waals surface area contributed by atoms with E-state index in [-0.39, 0.29) is 17.8 Å². The molecule has 2 aliphatic heterocycles. The first-order chi connectivity index (χ1) is 8.17. The lowest BCUT2D eigenvalue weighted by Gasteiger charge is -2.32. The fourth-order valence-corrected chi connectivity index (χ4v) is 3.88. The van der Waals surface area contributed by atoms with Crippen molar-refractivity contribution in [2.24, 2.45) is 5.41 Å². The van der Waals surface area contributed by atoms with Crippen molar-refractivity contribution in [2.75, 3.05) is 13.1 Å². The Morgan fingerprint density at radius 3 is 2.56 bits per heavy atom. The van der Waals surface area contributed by atoms with E-state index in [2.05, 4.69) is 17.1 Å². The summed E-state index contributed by atoms with van der Waals surface area (Å²) in [5, 5.41) is 3.65. The SMILES string of the molecule is CC1(C(=O)N2CCC3CCC(C2)N3)CCCC1.Cl. The zero-order valence-electron chi connectivity index (χ0n) is 11.3. The summed E-state index contributed by atoms with van der Waals surface area (Å²) in [4.78, 5) is 14.8. The van der Waals surface area contributed by atoms with Gasteiger partial charge in [0.25, 0.3) is 0 Å². The number of carbonyl (C=O) groups excluding carboxylic acids is 1. The van der Waals surface area contributed by atoms with E-state index in [9.17, 15) is 4.79 Å². The van der Waals surface area contributed by atoms with Gasteiger partial charge in [-0.05, 0) is 32.1 Å². The molecule has 2 bridgehead atoms. The van der Waals surface area contributed by atoms with Gasteiger partial charge in [0.1, 0.15) is 0 Å². The lowest BCUT2D eigenvalue weighted by molar-refractivity contribution is -0.141. The largest absolute Gasteiger partial charge is 0.341 e. The quantitative estimate of drug-likeness (QED) is 0.795. The van der Waals surface area contributed by atoms with Crippen molar-refractivity contribution in [3.63, 3.8) is 0 Å². The second-order valence-electron chi connectivity index (χ2n) is 6.45. The van der Waals surface area contributed by atoms with Crippen LogP contribution in [0.1, 0.15) is 51.9 Å². The number of nitrogens with one attached hydrogen (secondary N) is 1. The summed E-state index contributed by atoms with van der Waals surface area (Å²) in [5.41, 5.74) is -0.0381. The van der Waals surface area contributed by atoms with Crippen LogP contribution in [-0.4, -0.2) is 36.0 Å². The minimum absolute atomic E-state index is 0. The van der Waals surface area contributed by atoms with Crippen molar-refractivity contribution in [1.82, 2.24) is 10.2 Å². The summed E-state index contributed by atoms with van der Waals surface area (Å²) < 4.78 is 0. The van der Waals surface area contributed by atoms with E-state index in [0.717, 1.165) is 32.4 Å². The van der Waals surface area contributed by atoms with E-state index in [1.807, 2.05) is 0 Å². The molecule has 104 valence electrons. The summed E-state index contributed by atoms with van der Waals surface area (Å²) in [6, 6.07) is 1.24. The molecule has 3 nitrogen and oxygen atoms in total. The third-order valence-corrected chi connectivity index (χ3v) is 5.03. The third kappa shape index (κ3) is 2.53. The number of hydrogen-bond acceptors (Lipinski definition) is 2. The van der Waals surface area contributed by atoms with E-state index in [1.165, 1.54) is 25.7 Å². The van der Waals surface area contributed by atoms with Gasteiger partial charge in [0.05, 0.1) is 0 Å². The number of hydrogen-bond donors (Lipinski definition) is 1. The fraction of sp³-hybridized carbons (Fsp3) is 0.929. The maximum absolute atomic E-state index is 12.6. The third-order valence-electron chi connectivity index (χ3n) is 5.03. The molecular formula is C14H25ClN2O. The van der Waals surface area contributed by atoms with Crippen LogP contribution < -0.4 is 5.32 Å². The van der Waals surface area contributed by atoms with E-state index in [4.69, 9.17) is 0 Å². The molecule has 0 aromatic carbocycles. The molecule has 1 N–H and O–H groups in total. The molecule has 2 atom stereocenters. The Kier molecular flexibility index (Phi) is 4.22. The van der Waals surface area contributed by atoms with Crippen LogP contribution in [0.5, 0.6) is 0 Å². The minimum Gasteiger partial charge on any atom is -0.341 e. The van der Waals surface area contributed by atoms with Gasteiger partial charge in [-0.25, -0.2) is 0 Å². The molecular weight excluding hydrogens is 248 g/mol. The first-order valence-corrected chi connectivity index (χ1v) is 7.23. The van der Waals surface area contributed by atoms with E-state index >= 15 is 0 Å². The van der Waals surface area contributed by atoms with Gasteiger partial charge < -0.3 is 10.2 Å². The Bertz CT molecular complexity index is 315. The molecule has 3 rings (SSSR count). The summed E-state index contributed by atoms with van der Waals surface area (Å²) >= 11 is 0.